The molecule has 0 aromatic carbocycles. The van der Waals surface area contributed by atoms with Crippen LogP contribution in [0.15, 0.2) is 36.9 Å². The molecule has 0 rings (SSSR count). The molecule has 0 heterocycles. The van der Waals surface area contributed by atoms with Crippen molar-refractivity contribution in [2.24, 2.45) is 5.41 Å². The van der Waals surface area contributed by atoms with E-state index in [4.69, 9.17) is 14.2 Å². The molecule has 0 spiro atoms. The molecule has 0 radical (unpaired) electrons. The maximum absolute atomic E-state index is 13.0. The van der Waals surface area contributed by atoms with E-state index in [0.717, 1.165) is 6.08 Å². The van der Waals surface area contributed by atoms with Crippen LogP contribution >= 0.6 is 0 Å². The number of hydrogen-bond donors (Lipinski definition) is 1. The van der Waals surface area contributed by atoms with E-state index >= 15 is 0 Å². The number of carbonyl (C=O) groups excluding carboxylic acids is 3. The first kappa shape index (κ1) is 26.0. The van der Waals surface area contributed by atoms with Crippen molar-refractivity contribution >= 4 is 18.0 Å². The van der Waals surface area contributed by atoms with Crippen molar-refractivity contribution in [3.8, 4) is 0 Å². The third kappa shape index (κ3) is 10.8. The predicted octanol–water partition coefficient (Wildman–Crippen LogP) is 3.01. The SMILES string of the molecule is C=CC(=O)OCC(CC)(COC(=O)NCCOC(=O)C(=C)C)COC(F)=C(F)F. The minimum Gasteiger partial charge on any atom is -0.466 e. The van der Waals surface area contributed by atoms with Crippen LogP contribution in [0.25, 0.3) is 0 Å². The van der Waals surface area contributed by atoms with Crippen LogP contribution in [0, 0.1) is 5.41 Å². The monoisotopic (exact) mass is 423 g/mol. The maximum Gasteiger partial charge on any atom is 0.407 e. The summed E-state index contributed by atoms with van der Waals surface area (Å²) in [6.45, 7) is 7.96. The molecule has 1 amide bonds. The van der Waals surface area contributed by atoms with Gasteiger partial charge in [0.15, 0.2) is 0 Å². The molecule has 0 aromatic heterocycles. The third-order valence-corrected chi connectivity index (χ3v) is 3.55. The van der Waals surface area contributed by atoms with Crippen LogP contribution in [-0.4, -0.2) is 51.0 Å². The van der Waals surface area contributed by atoms with Gasteiger partial charge >= 0.3 is 30.1 Å². The average Bonchev–Trinajstić information content (AvgIpc) is 2.69. The van der Waals surface area contributed by atoms with E-state index < -0.39 is 55.4 Å². The minimum absolute atomic E-state index is 0.0661. The highest BCUT2D eigenvalue weighted by molar-refractivity contribution is 5.86. The van der Waals surface area contributed by atoms with Gasteiger partial charge in [-0.2, -0.15) is 13.2 Å². The Hall–Kier alpha value is -2.98. The zero-order valence-corrected chi connectivity index (χ0v) is 16.2. The van der Waals surface area contributed by atoms with Gasteiger partial charge in [0.05, 0.1) is 12.0 Å². The molecule has 0 aliphatic carbocycles. The smallest absolute Gasteiger partial charge is 0.407 e. The maximum atomic E-state index is 13.0. The fraction of sp³-hybridized carbons (Fsp3) is 0.500. The molecule has 1 unspecified atom stereocenters. The van der Waals surface area contributed by atoms with Gasteiger partial charge in [-0.05, 0) is 13.3 Å². The van der Waals surface area contributed by atoms with Crippen molar-refractivity contribution in [1.82, 2.24) is 5.32 Å². The molecular formula is C18H24F3NO7. The fourth-order valence-corrected chi connectivity index (χ4v) is 1.68. The summed E-state index contributed by atoms with van der Waals surface area (Å²) in [6.07, 6.45) is -2.57. The minimum atomic E-state index is -2.65. The molecule has 0 saturated carbocycles. The van der Waals surface area contributed by atoms with E-state index in [-0.39, 0.29) is 25.1 Å². The standard InChI is InChI=1S/C18H24F3NO7/c1-5-13(23)27-9-18(6-2,10-28-15(21)14(19)20)11-29-17(25)22-7-8-26-16(24)12(3)4/h5H,1,3,6-11H2,2,4H3,(H,22,25). The highest BCUT2D eigenvalue weighted by Gasteiger charge is 2.34. The topological polar surface area (TPSA) is 100 Å². The molecule has 0 bridgehead atoms. The zero-order chi connectivity index (χ0) is 22.4. The number of hydrogen-bond acceptors (Lipinski definition) is 7. The molecule has 1 N–H and O–H groups in total. The summed E-state index contributed by atoms with van der Waals surface area (Å²) in [4.78, 5) is 34.2. The summed E-state index contributed by atoms with van der Waals surface area (Å²) in [5.41, 5.74) is -1.10. The highest BCUT2D eigenvalue weighted by atomic mass is 19.3. The summed E-state index contributed by atoms with van der Waals surface area (Å²) < 4.78 is 56.4. The van der Waals surface area contributed by atoms with Gasteiger partial charge in [0.25, 0.3) is 0 Å². The van der Waals surface area contributed by atoms with Crippen LogP contribution < -0.4 is 5.32 Å². The number of esters is 2. The third-order valence-electron chi connectivity index (χ3n) is 3.55. The van der Waals surface area contributed by atoms with Gasteiger partial charge in [0, 0.05) is 11.6 Å². The quantitative estimate of drug-likeness (QED) is 0.160. The first-order chi connectivity index (χ1) is 13.6. The number of amides is 1. The molecule has 0 aliphatic rings. The predicted molar refractivity (Wildman–Crippen MR) is 95.3 cm³/mol. The summed E-state index contributed by atoms with van der Waals surface area (Å²) in [7, 11) is 0. The molecule has 11 heteroatoms. The summed E-state index contributed by atoms with van der Waals surface area (Å²) in [5.74, 6) is -1.43. The second kappa shape index (κ2) is 13.2. The molecule has 29 heavy (non-hydrogen) atoms. The van der Waals surface area contributed by atoms with Gasteiger partial charge in [-0.3, -0.25) is 0 Å². The van der Waals surface area contributed by atoms with Crippen molar-refractivity contribution < 1.29 is 46.5 Å². The van der Waals surface area contributed by atoms with Crippen molar-refractivity contribution in [2.45, 2.75) is 20.3 Å². The van der Waals surface area contributed by atoms with Crippen molar-refractivity contribution in [3.63, 3.8) is 0 Å². The van der Waals surface area contributed by atoms with E-state index in [1.165, 1.54) is 6.92 Å². The van der Waals surface area contributed by atoms with Crippen LogP contribution in [0.5, 0.6) is 0 Å². The number of carbonyl (C=O) groups is 3. The molecular weight excluding hydrogens is 399 g/mol. The molecule has 1 atom stereocenters. The number of nitrogens with one attached hydrogen (secondary N) is 1. The summed E-state index contributed by atoms with van der Waals surface area (Å²) >= 11 is 0. The van der Waals surface area contributed by atoms with Crippen molar-refractivity contribution in [1.29, 1.82) is 0 Å². The number of alkyl carbamates (subject to hydrolysis) is 1. The van der Waals surface area contributed by atoms with Crippen LogP contribution in [0.3, 0.4) is 0 Å². The van der Waals surface area contributed by atoms with E-state index in [2.05, 4.69) is 23.2 Å². The summed E-state index contributed by atoms with van der Waals surface area (Å²) in [6, 6.07) is -2.08. The Morgan fingerprint density at radius 3 is 2.14 bits per heavy atom. The normalized spacial score (nSPS) is 12.0. The Morgan fingerprint density at radius 1 is 1.03 bits per heavy atom. The molecule has 164 valence electrons. The first-order valence-electron chi connectivity index (χ1n) is 8.43. The summed E-state index contributed by atoms with van der Waals surface area (Å²) in [5, 5.41) is 2.30. The highest BCUT2D eigenvalue weighted by Crippen LogP contribution is 2.26. The largest absolute Gasteiger partial charge is 0.466 e. The molecule has 0 fully saturated rings. The van der Waals surface area contributed by atoms with E-state index in [0.29, 0.717) is 0 Å². The average molecular weight is 423 g/mol. The Bertz CT molecular complexity index is 647. The van der Waals surface area contributed by atoms with Gasteiger partial charge in [0.2, 0.25) is 0 Å². The van der Waals surface area contributed by atoms with Gasteiger partial charge in [-0.25, -0.2) is 14.4 Å². The molecule has 0 aromatic rings. The van der Waals surface area contributed by atoms with Gasteiger partial charge in [-0.15, -0.1) is 0 Å². The molecule has 0 saturated heterocycles. The lowest BCUT2D eigenvalue weighted by Crippen LogP contribution is -2.40. The Kier molecular flexibility index (Phi) is 11.9. The Morgan fingerprint density at radius 2 is 1.62 bits per heavy atom. The van der Waals surface area contributed by atoms with Crippen LogP contribution in [0.1, 0.15) is 20.3 Å². The van der Waals surface area contributed by atoms with E-state index in [9.17, 15) is 27.6 Å². The van der Waals surface area contributed by atoms with Crippen LogP contribution in [0.2, 0.25) is 0 Å². The van der Waals surface area contributed by atoms with Crippen molar-refractivity contribution in [3.05, 3.63) is 36.9 Å². The number of halogens is 3. The molecule has 8 nitrogen and oxygen atoms in total. The lowest BCUT2D eigenvalue weighted by Gasteiger charge is -2.30. The molecule has 0 aliphatic heterocycles. The van der Waals surface area contributed by atoms with Crippen LogP contribution in [-0.2, 0) is 28.5 Å². The van der Waals surface area contributed by atoms with Crippen LogP contribution in [0.4, 0.5) is 18.0 Å². The Labute approximate surface area is 166 Å². The van der Waals surface area contributed by atoms with Gasteiger partial charge in [0.1, 0.15) is 26.4 Å². The second-order valence-electron chi connectivity index (χ2n) is 5.91. The zero-order valence-electron chi connectivity index (χ0n) is 16.2. The lowest BCUT2D eigenvalue weighted by molar-refractivity contribution is -0.144. The number of ether oxygens (including phenoxy) is 4. The fourth-order valence-electron chi connectivity index (χ4n) is 1.68. The van der Waals surface area contributed by atoms with Gasteiger partial charge < -0.3 is 24.3 Å². The first-order valence-corrected chi connectivity index (χ1v) is 8.43. The van der Waals surface area contributed by atoms with E-state index in [1.54, 1.807) is 6.92 Å². The van der Waals surface area contributed by atoms with E-state index in [1.807, 2.05) is 0 Å². The lowest BCUT2D eigenvalue weighted by atomic mass is 9.88. The number of rotatable bonds is 13. The Balaban J connectivity index is 4.78. The van der Waals surface area contributed by atoms with Crippen molar-refractivity contribution in [2.75, 3.05) is 33.0 Å². The van der Waals surface area contributed by atoms with Gasteiger partial charge in [-0.1, -0.05) is 20.1 Å². The second-order valence-corrected chi connectivity index (χ2v) is 5.91.